The van der Waals surface area contributed by atoms with E-state index in [1.807, 2.05) is 31.2 Å². The Morgan fingerprint density at radius 1 is 1.04 bits per heavy atom. The molecule has 5 nitrogen and oxygen atoms in total. The lowest BCUT2D eigenvalue weighted by Gasteiger charge is -2.43. The Bertz CT molecular complexity index is 799. The van der Waals surface area contributed by atoms with Gasteiger partial charge >= 0.3 is 6.03 Å². The number of urea groups is 1. The summed E-state index contributed by atoms with van der Waals surface area (Å²) in [4.78, 5) is 24.4. The number of rotatable bonds is 6. The van der Waals surface area contributed by atoms with Crippen molar-refractivity contribution in [3.63, 3.8) is 0 Å². The van der Waals surface area contributed by atoms with Gasteiger partial charge in [0.25, 0.3) is 5.91 Å². The summed E-state index contributed by atoms with van der Waals surface area (Å²) in [6.07, 6.45) is 3.85. The summed E-state index contributed by atoms with van der Waals surface area (Å²) in [7, 11) is 0. The summed E-state index contributed by atoms with van der Waals surface area (Å²) in [6, 6.07) is 14.8. The minimum absolute atomic E-state index is 0.100. The standard InChI is InChI=1S/C21H24BrN3O2/c1-2-14-23-19(26)15-4-10-18(11-5-15)24-20(27)25-21(12-3-13-21)16-6-8-17(22)9-7-16/h4-11H,2-3,12-14H2,1H3,(H,23,26)(H2,24,25,27). The van der Waals surface area contributed by atoms with Crippen LogP contribution in [0, 0.1) is 0 Å². The molecule has 3 N–H and O–H groups in total. The van der Waals surface area contributed by atoms with Crippen molar-refractivity contribution >= 4 is 33.6 Å². The molecular formula is C21H24BrN3O2. The average Bonchev–Trinajstić information content (AvgIpc) is 2.64. The zero-order valence-electron chi connectivity index (χ0n) is 15.3. The highest BCUT2D eigenvalue weighted by Crippen LogP contribution is 2.41. The van der Waals surface area contributed by atoms with Gasteiger partial charge in [-0.3, -0.25) is 4.79 Å². The number of nitrogens with one attached hydrogen (secondary N) is 3. The SMILES string of the molecule is CCCNC(=O)c1ccc(NC(=O)NC2(c3ccc(Br)cc3)CCC2)cc1. The van der Waals surface area contributed by atoms with Gasteiger partial charge in [-0.15, -0.1) is 0 Å². The molecule has 0 saturated heterocycles. The Balaban J connectivity index is 1.61. The van der Waals surface area contributed by atoms with E-state index >= 15 is 0 Å². The van der Waals surface area contributed by atoms with Crippen LogP contribution in [0.1, 0.15) is 48.5 Å². The first-order valence-corrected chi connectivity index (χ1v) is 10.1. The Labute approximate surface area is 168 Å². The summed E-state index contributed by atoms with van der Waals surface area (Å²) in [5.41, 5.74) is 2.06. The highest BCUT2D eigenvalue weighted by molar-refractivity contribution is 9.10. The van der Waals surface area contributed by atoms with Gasteiger partial charge in [0, 0.05) is 22.3 Å². The van der Waals surface area contributed by atoms with Crippen LogP contribution in [0.2, 0.25) is 0 Å². The molecule has 1 saturated carbocycles. The van der Waals surface area contributed by atoms with Crippen molar-refractivity contribution in [1.29, 1.82) is 0 Å². The van der Waals surface area contributed by atoms with E-state index < -0.39 is 0 Å². The fourth-order valence-electron chi connectivity index (χ4n) is 3.21. The second-order valence-corrected chi connectivity index (χ2v) is 7.77. The second kappa shape index (κ2) is 8.57. The van der Waals surface area contributed by atoms with Gasteiger partial charge in [-0.05, 0) is 67.6 Å². The molecule has 3 amide bonds. The van der Waals surface area contributed by atoms with Crippen LogP contribution >= 0.6 is 15.9 Å². The summed E-state index contributed by atoms with van der Waals surface area (Å²) in [6.45, 7) is 2.66. The van der Waals surface area contributed by atoms with E-state index in [1.54, 1.807) is 24.3 Å². The molecule has 0 bridgehead atoms. The number of carbonyl (C=O) groups is 2. The van der Waals surface area contributed by atoms with Crippen molar-refractivity contribution in [1.82, 2.24) is 10.6 Å². The molecule has 0 spiro atoms. The molecule has 1 aliphatic carbocycles. The first-order chi connectivity index (χ1) is 13.0. The molecule has 0 heterocycles. The van der Waals surface area contributed by atoms with Crippen LogP contribution in [-0.4, -0.2) is 18.5 Å². The second-order valence-electron chi connectivity index (χ2n) is 6.85. The smallest absolute Gasteiger partial charge is 0.319 e. The van der Waals surface area contributed by atoms with Crippen molar-refractivity contribution in [3.8, 4) is 0 Å². The van der Waals surface area contributed by atoms with Gasteiger partial charge in [-0.25, -0.2) is 4.79 Å². The van der Waals surface area contributed by atoms with E-state index in [9.17, 15) is 9.59 Å². The molecule has 0 unspecified atom stereocenters. The highest BCUT2D eigenvalue weighted by Gasteiger charge is 2.40. The van der Waals surface area contributed by atoms with Crippen LogP contribution in [0.15, 0.2) is 53.0 Å². The molecule has 2 aromatic rings. The maximum absolute atomic E-state index is 12.5. The summed E-state index contributed by atoms with van der Waals surface area (Å²) >= 11 is 3.45. The lowest BCUT2D eigenvalue weighted by atomic mass is 9.72. The number of amides is 3. The number of carbonyl (C=O) groups excluding carboxylic acids is 2. The topological polar surface area (TPSA) is 70.2 Å². The maximum atomic E-state index is 12.5. The first-order valence-electron chi connectivity index (χ1n) is 9.26. The monoisotopic (exact) mass is 429 g/mol. The number of hydrogen-bond donors (Lipinski definition) is 3. The van der Waals surface area contributed by atoms with Gasteiger partial charge in [0.1, 0.15) is 0 Å². The number of hydrogen-bond acceptors (Lipinski definition) is 2. The molecule has 1 fully saturated rings. The van der Waals surface area contributed by atoms with E-state index in [1.165, 1.54) is 0 Å². The minimum Gasteiger partial charge on any atom is -0.352 e. The molecule has 0 atom stereocenters. The van der Waals surface area contributed by atoms with Gasteiger partial charge in [-0.1, -0.05) is 35.0 Å². The third-order valence-electron chi connectivity index (χ3n) is 4.90. The zero-order valence-corrected chi connectivity index (χ0v) is 16.9. The van der Waals surface area contributed by atoms with Gasteiger partial charge in [0.15, 0.2) is 0 Å². The molecule has 142 valence electrons. The molecular weight excluding hydrogens is 406 g/mol. The van der Waals surface area contributed by atoms with Crippen LogP contribution in [0.25, 0.3) is 0 Å². The van der Waals surface area contributed by atoms with Crippen LogP contribution in [0.4, 0.5) is 10.5 Å². The average molecular weight is 430 g/mol. The quantitative estimate of drug-likeness (QED) is 0.617. The molecule has 0 aromatic heterocycles. The third kappa shape index (κ3) is 4.69. The number of halogens is 1. The van der Waals surface area contributed by atoms with Crippen molar-refractivity contribution in [2.45, 2.75) is 38.1 Å². The van der Waals surface area contributed by atoms with Gasteiger partial charge in [-0.2, -0.15) is 0 Å². The summed E-state index contributed by atoms with van der Waals surface area (Å²) in [5.74, 6) is -0.100. The van der Waals surface area contributed by atoms with Crippen LogP contribution in [0.3, 0.4) is 0 Å². The van der Waals surface area contributed by atoms with Crippen molar-refractivity contribution in [2.75, 3.05) is 11.9 Å². The van der Waals surface area contributed by atoms with E-state index in [4.69, 9.17) is 0 Å². The fourth-order valence-corrected chi connectivity index (χ4v) is 3.47. The number of benzene rings is 2. The predicted octanol–water partition coefficient (Wildman–Crippen LogP) is 4.79. The van der Waals surface area contributed by atoms with Crippen LogP contribution < -0.4 is 16.0 Å². The van der Waals surface area contributed by atoms with E-state index in [2.05, 4.69) is 31.9 Å². The van der Waals surface area contributed by atoms with Gasteiger partial charge in [0.05, 0.1) is 5.54 Å². The van der Waals surface area contributed by atoms with Crippen molar-refractivity contribution in [2.24, 2.45) is 0 Å². The zero-order chi connectivity index (χ0) is 19.3. The number of anilines is 1. The third-order valence-corrected chi connectivity index (χ3v) is 5.43. The normalized spacial score (nSPS) is 14.7. The molecule has 2 aromatic carbocycles. The Morgan fingerprint density at radius 2 is 1.70 bits per heavy atom. The van der Waals surface area contributed by atoms with Gasteiger partial charge in [0.2, 0.25) is 0 Å². The first kappa shape index (κ1) is 19.4. The van der Waals surface area contributed by atoms with E-state index in [-0.39, 0.29) is 17.5 Å². The Morgan fingerprint density at radius 3 is 2.26 bits per heavy atom. The van der Waals surface area contributed by atoms with Crippen LogP contribution in [-0.2, 0) is 5.54 Å². The predicted molar refractivity (Wildman–Crippen MR) is 111 cm³/mol. The largest absolute Gasteiger partial charge is 0.352 e. The highest BCUT2D eigenvalue weighted by atomic mass is 79.9. The Kier molecular flexibility index (Phi) is 6.16. The van der Waals surface area contributed by atoms with Crippen molar-refractivity contribution in [3.05, 3.63) is 64.1 Å². The molecule has 0 radical (unpaired) electrons. The van der Waals surface area contributed by atoms with Crippen LogP contribution in [0.5, 0.6) is 0 Å². The maximum Gasteiger partial charge on any atom is 0.319 e. The lowest BCUT2D eigenvalue weighted by Crippen LogP contribution is -2.52. The Hall–Kier alpha value is -2.34. The molecule has 6 heteroatoms. The summed E-state index contributed by atoms with van der Waals surface area (Å²) in [5, 5.41) is 8.84. The molecule has 0 aliphatic heterocycles. The summed E-state index contributed by atoms with van der Waals surface area (Å²) < 4.78 is 1.02. The molecule has 1 aliphatic rings. The van der Waals surface area contributed by atoms with E-state index in [0.29, 0.717) is 17.8 Å². The van der Waals surface area contributed by atoms with Gasteiger partial charge < -0.3 is 16.0 Å². The fraction of sp³-hybridized carbons (Fsp3) is 0.333. The minimum atomic E-state index is -0.301. The van der Waals surface area contributed by atoms with Crippen molar-refractivity contribution < 1.29 is 9.59 Å². The molecule has 27 heavy (non-hydrogen) atoms. The van der Waals surface area contributed by atoms with E-state index in [0.717, 1.165) is 35.7 Å². The lowest BCUT2D eigenvalue weighted by molar-refractivity contribution is 0.0953. The molecule has 3 rings (SSSR count).